The maximum atomic E-state index is 12.1. The molecule has 0 aliphatic carbocycles. The lowest BCUT2D eigenvalue weighted by Crippen LogP contribution is -3.08. The second-order valence-electron chi connectivity index (χ2n) is 5.36. The van der Waals surface area contributed by atoms with E-state index in [0.717, 1.165) is 16.0 Å². The van der Waals surface area contributed by atoms with Gasteiger partial charge in [0.1, 0.15) is 6.54 Å². The van der Waals surface area contributed by atoms with Gasteiger partial charge in [-0.3, -0.25) is 4.79 Å². The largest absolute Gasteiger partial charge is 0.325 e. The summed E-state index contributed by atoms with van der Waals surface area (Å²) in [7, 11) is 2.04. The highest BCUT2D eigenvalue weighted by Gasteiger charge is 2.12. The number of nitrogens with one attached hydrogen (secondary N) is 2. The molecule has 0 aliphatic rings. The topological polar surface area (TPSA) is 33.5 Å². The van der Waals surface area contributed by atoms with Gasteiger partial charge in [-0.1, -0.05) is 6.07 Å². The van der Waals surface area contributed by atoms with Crippen molar-refractivity contribution in [2.45, 2.75) is 20.4 Å². The fourth-order valence-corrected chi connectivity index (χ4v) is 3.70. The Morgan fingerprint density at radius 2 is 2.00 bits per heavy atom. The molecular weight excluding hydrogens is 348 g/mol. The number of amides is 1. The minimum absolute atomic E-state index is 0.0476. The van der Waals surface area contributed by atoms with E-state index in [1.54, 1.807) is 11.3 Å². The standard InChI is InChI=1S/C16H19BrN2OS/c1-11-4-5-13(8-12(11)2)18-16(20)10-19(3)9-14-6-7-15(17)21-14/h4-8H,9-10H2,1-3H3,(H,18,20)/p+1. The van der Waals surface area contributed by atoms with Gasteiger partial charge in [0, 0.05) is 5.69 Å². The van der Waals surface area contributed by atoms with E-state index in [-0.39, 0.29) is 5.91 Å². The Morgan fingerprint density at radius 1 is 1.24 bits per heavy atom. The molecule has 1 heterocycles. The summed E-state index contributed by atoms with van der Waals surface area (Å²) in [5.41, 5.74) is 3.30. The molecule has 1 unspecified atom stereocenters. The first kappa shape index (κ1) is 16.2. The SMILES string of the molecule is Cc1ccc(NC(=O)C[NH+](C)Cc2ccc(Br)s2)cc1C. The van der Waals surface area contributed by atoms with E-state index in [4.69, 9.17) is 0 Å². The van der Waals surface area contributed by atoms with Gasteiger partial charge in [-0.15, -0.1) is 11.3 Å². The highest BCUT2D eigenvalue weighted by Crippen LogP contribution is 2.21. The molecular formula is C16H20BrN2OS+. The van der Waals surface area contributed by atoms with E-state index in [0.29, 0.717) is 6.54 Å². The zero-order valence-electron chi connectivity index (χ0n) is 12.5. The maximum absolute atomic E-state index is 12.1. The molecule has 0 bridgehead atoms. The summed E-state index contributed by atoms with van der Waals surface area (Å²) in [5.74, 6) is 0.0476. The van der Waals surface area contributed by atoms with E-state index in [2.05, 4.69) is 41.2 Å². The van der Waals surface area contributed by atoms with Crippen LogP contribution in [0.4, 0.5) is 5.69 Å². The van der Waals surface area contributed by atoms with Gasteiger partial charge in [-0.2, -0.15) is 0 Å². The van der Waals surface area contributed by atoms with Gasteiger partial charge in [0.25, 0.3) is 5.91 Å². The fraction of sp³-hybridized carbons (Fsp3) is 0.312. The summed E-state index contributed by atoms with van der Waals surface area (Å²) >= 11 is 5.17. The summed E-state index contributed by atoms with van der Waals surface area (Å²) in [4.78, 5) is 14.5. The van der Waals surface area contributed by atoms with Crippen molar-refractivity contribution in [3.05, 3.63) is 50.1 Å². The number of anilines is 1. The first-order valence-electron chi connectivity index (χ1n) is 6.86. The van der Waals surface area contributed by atoms with Crippen molar-refractivity contribution in [3.63, 3.8) is 0 Å². The smallest absolute Gasteiger partial charge is 0.279 e. The van der Waals surface area contributed by atoms with Gasteiger partial charge in [-0.25, -0.2) is 0 Å². The first-order chi connectivity index (χ1) is 9.94. The lowest BCUT2D eigenvalue weighted by atomic mass is 10.1. The van der Waals surface area contributed by atoms with Gasteiger partial charge in [0.2, 0.25) is 0 Å². The summed E-state index contributed by atoms with van der Waals surface area (Å²) < 4.78 is 1.13. The van der Waals surface area contributed by atoms with Crippen LogP contribution in [-0.2, 0) is 11.3 Å². The van der Waals surface area contributed by atoms with Crippen LogP contribution in [0, 0.1) is 13.8 Å². The zero-order valence-corrected chi connectivity index (χ0v) is 14.9. The molecule has 2 rings (SSSR count). The number of hydrogen-bond donors (Lipinski definition) is 2. The lowest BCUT2D eigenvalue weighted by molar-refractivity contribution is -0.884. The second-order valence-corrected chi connectivity index (χ2v) is 7.91. The number of likely N-dealkylation sites (N-methyl/N-ethyl adjacent to an activating group) is 1. The van der Waals surface area contributed by atoms with Crippen LogP contribution in [0.15, 0.2) is 34.1 Å². The quantitative estimate of drug-likeness (QED) is 0.836. The molecule has 2 aromatic rings. The van der Waals surface area contributed by atoms with E-state index in [9.17, 15) is 4.79 Å². The Hall–Kier alpha value is -1.17. The third-order valence-corrected chi connectivity index (χ3v) is 4.98. The number of carbonyl (C=O) groups is 1. The van der Waals surface area contributed by atoms with Crippen LogP contribution in [0.25, 0.3) is 0 Å². The van der Waals surface area contributed by atoms with Crippen molar-refractivity contribution in [2.24, 2.45) is 0 Å². The molecule has 0 saturated carbocycles. The number of quaternary nitrogens is 1. The van der Waals surface area contributed by atoms with Crippen molar-refractivity contribution < 1.29 is 9.69 Å². The van der Waals surface area contributed by atoms with Crippen LogP contribution in [0.1, 0.15) is 16.0 Å². The Bertz CT molecular complexity index is 639. The molecule has 1 aromatic heterocycles. The lowest BCUT2D eigenvalue weighted by Gasteiger charge is -2.13. The van der Waals surface area contributed by atoms with E-state index in [1.165, 1.54) is 20.9 Å². The van der Waals surface area contributed by atoms with E-state index >= 15 is 0 Å². The van der Waals surface area contributed by atoms with Crippen molar-refractivity contribution in [1.29, 1.82) is 0 Å². The average molecular weight is 368 g/mol. The van der Waals surface area contributed by atoms with Gasteiger partial charge in [0.05, 0.1) is 15.7 Å². The van der Waals surface area contributed by atoms with Crippen LogP contribution in [0.2, 0.25) is 0 Å². The number of carbonyl (C=O) groups excluding carboxylic acids is 1. The number of hydrogen-bond acceptors (Lipinski definition) is 2. The number of aryl methyl sites for hydroxylation is 2. The van der Waals surface area contributed by atoms with Crippen molar-refractivity contribution in [3.8, 4) is 0 Å². The molecule has 0 radical (unpaired) electrons. The molecule has 1 amide bonds. The molecule has 1 atom stereocenters. The molecule has 1 aromatic carbocycles. The summed E-state index contributed by atoms with van der Waals surface area (Å²) in [5, 5.41) is 2.97. The van der Waals surface area contributed by atoms with Gasteiger partial charge in [0.15, 0.2) is 6.54 Å². The summed E-state index contributed by atoms with van der Waals surface area (Å²) in [6.45, 7) is 5.44. The van der Waals surface area contributed by atoms with Crippen LogP contribution in [0.3, 0.4) is 0 Å². The van der Waals surface area contributed by atoms with Gasteiger partial charge < -0.3 is 10.2 Å². The normalized spacial score (nSPS) is 12.2. The third kappa shape index (κ3) is 4.95. The van der Waals surface area contributed by atoms with Gasteiger partial charge in [-0.05, 0) is 65.2 Å². The minimum Gasteiger partial charge on any atom is -0.325 e. The number of rotatable bonds is 5. The molecule has 0 saturated heterocycles. The highest BCUT2D eigenvalue weighted by molar-refractivity contribution is 9.11. The molecule has 112 valence electrons. The van der Waals surface area contributed by atoms with Crippen molar-refractivity contribution >= 4 is 38.9 Å². The Kier molecular flexibility index (Phi) is 5.56. The van der Waals surface area contributed by atoms with Crippen molar-refractivity contribution in [1.82, 2.24) is 0 Å². The van der Waals surface area contributed by atoms with Crippen LogP contribution >= 0.6 is 27.3 Å². The Balaban J connectivity index is 1.87. The highest BCUT2D eigenvalue weighted by atomic mass is 79.9. The first-order valence-corrected chi connectivity index (χ1v) is 8.47. The molecule has 0 aliphatic heterocycles. The molecule has 21 heavy (non-hydrogen) atoms. The molecule has 0 fully saturated rings. The number of benzene rings is 1. The van der Waals surface area contributed by atoms with E-state index < -0.39 is 0 Å². The number of halogens is 1. The third-order valence-electron chi connectivity index (χ3n) is 3.36. The van der Waals surface area contributed by atoms with Crippen LogP contribution in [-0.4, -0.2) is 19.5 Å². The summed E-state index contributed by atoms with van der Waals surface area (Å²) in [6, 6.07) is 10.1. The molecule has 3 nitrogen and oxygen atoms in total. The van der Waals surface area contributed by atoms with Crippen molar-refractivity contribution in [2.75, 3.05) is 18.9 Å². The van der Waals surface area contributed by atoms with Crippen LogP contribution < -0.4 is 10.2 Å². The monoisotopic (exact) mass is 367 g/mol. The molecule has 5 heteroatoms. The minimum atomic E-state index is 0.0476. The van der Waals surface area contributed by atoms with Crippen LogP contribution in [0.5, 0.6) is 0 Å². The molecule has 0 spiro atoms. The predicted octanol–water partition coefficient (Wildman–Crippen LogP) is 2.78. The number of thiophene rings is 1. The fourth-order valence-electron chi connectivity index (χ4n) is 2.11. The maximum Gasteiger partial charge on any atom is 0.279 e. The average Bonchev–Trinajstić information content (AvgIpc) is 2.79. The molecule has 2 N–H and O–H groups in total. The van der Waals surface area contributed by atoms with E-state index in [1.807, 2.05) is 31.3 Å². The van der Waals surface area contributed by atoms with Gasteiger partial charge >= 0.3 is 0 Å². The Labute approximate surface area is 138 Å². The predicted molar refractivity (Wildman–Crippen MR) is 92.0 cm³/mol. The summed E-state index contributed by atoms with van der Waals surface area (Å²) in [6.07, 6.45) is 0. The second kappa shape index (κ2) is 7.20. The Morgan fingerprint density at radius 3 is 2.62 bits per heavy atom. The zero-order chi connectivity index (χ0) is 15.4.